The maximum absolute atomic E-state index is 13.5. The van der Waals surface area contributed by atoms with Gasteiger partial charge in [0.15, 0.2) is 0 Å². The third-order valence-corrected chi connectivity index (χ3v) is 6.86. The predicted octanol–water partition coefficient (Wildman–Crippen LogP) is 5.77. The van der Waals surface area contributed by atoms with Crippen molar-refractivity contribution in [3.05, 3.63) is 84.6 Å². The molecule has 6 heteroatoms. The molecule has 0 amide bonds. The van der Waals surface area contributed by atoms with Gasteiger partial charge >= 0.3 is 0 Å². The van der Waals surface area contributed by atoms with Crippen LogP contribution in [-0.4, -0.2) is 20.0 Å². The fourth-order valence-corrected chi connectivity index (χ4v) is 4.84. The van der Waals surface area contributed by atoms with Crippen molar-refractivity contribution in [2.75, 3.05) is 11.9 Å². The van der Waals surface area contributed by atoms with Crippen LogP contribution in [0.25, 0.3) is 10.9 Å². The molecule has 4 aromatic rings. The molecular formula is C25H24N2O3S. The van der Waals surface area contributed by atoms with E-state index in [1.54, 1.807) is 30.3 Å². The zero-order valence-electron chi connectivity index (χ0n) is 17.5. The Morgan fingerprint density at radius 3 is 2.35 bits per heavy atom. The van der Waals surface area contributed by atoms with E-state index < -0.39 is 9.84 Å². The fourth-order valence-electron chi connectivity index (χ4n) is 3.45. The molecule has 3 aromatic carbocycles. The average molecular weight is 433 g/mol. The molecule has 1 aromatic heterocycles. The minimum atomic E-state index is -3.77. The molecule has 0 unspecified atom stereocenters. The Morgan fingerprint density at radius 1 is 0.935 bits per heavy atom. The highest BCUT2D eigenvalue weighted by molar-refractivity contribution is 7.91. The number of ether oxygens (including phenoxy) is 1. The lowest BCUT2D eigenvalue weighted by Gasteiger charge is -2.16. The zero-order chi connectivity index (χ0) is 21.8. The second kappa shape index (κ2) is 8.78. The van der Waals surface area contributed by atoms with Crippen LogP contribution < -0.4 is 10.1 Å². The van der Waals surface area contributed by atoms with Gasteiger partial charge in [0.25, 0.3) is 0 Å². The van der Waals surface area contributed by atoms with Gasteiger partial charge in [0, 0.05) is 17.3 Å². The first kappa shape index (κ1) is 20.9. The molecule has 1 N–H and O–H groups in total. The number of benzene rings is 3. The van der Waals surface area contributed by atoms with Crippen molar-refractivity contribution in [3.63, 3.8) is 0 Å². The highest BCUT2D eigenvalue weighted by Gasteiger charge is 2.24. The van der Waals surface area contributed by atoms with Gasteiger partial charge in [-0.05, 0) is 67.4 Å². The predicted molar refractivity (Wildman–Crippen MR) is 124 cm³/mol. The molecule has 158 valence electrons. The number of pyridine rings is 1. The molecule has 0 bridgehead atoms. The molecule has 0 aliphatic rings. The van der Waals surface area contributed by atoms with E-state index >= 15 is 0 Å². The second-order valence-electron chi connectivity index (χ2n) is 7.10. The summed E-state index contributed by atoms with van der Waals surface area (Å²) in [5.41, 5.74) is 3.13. The molecule has 0 fully saturated rings. The minimum Gasteiger partial charge on any atom is -0.494 e. The Morgan fingerprint density at radius 2 is 1.68 bits per heavy atom. The number of nitrogens with one attached hydrogen (secondary N) is 1. The van der Waals surface area contributed by atoms with E-state index in [1.807, 2.05) is 49.4 Å². The molecule has 1 heterocycles. The first-order valence-corrected chi connectivity index (χ1v) is 11.7. The highest BCUT2D eigenvalue weighted by atomic mass is 32.2. The average Bonchev–Trinajstić information content (AvgIpc) is 2.81. The molecule has 0 atom stereocenters. The zero-order valence-corrected chi connectivity index (χ0v) is 18.3. The molecule has 0 aliphatic carbocycles. The number of fused-ring (bicyclic) bond motifs is 1. The van der Waals surface area contributed by atoms with Gasteiger partial charge < -0.3 is 10.1 Å². The van der Waals surface area contributed by atoms with Gasteiger partial charge in [0.05, 0.1) is 22.7 Å². The summed E-state index contributed by atoms with van der Waals surface area (Å²) in [6.07, 6.45) is 2.28. The standard InChI is InChI=1S/C25H24N2O3S/c1-3-18-10-15-23-22(16-18)25(27-19-11-13-20(14-12-19)30-4-2)24(17-26-23)31(28,29)21-8-6-5-7-9-21/h5-17H,3-4H2,1-2H3,(H,26,27). The summed E-state index contributed by atoms with van der Waals surface area (Å²) in [5.74, 6) is 0.762. The van der Waals surface area contributed by atoms with Crippen LogP contribution in [-0.2, 0) is 16.3 Å². The second-order valence-corrected chi connectivity index (χ2v) is 9.02. The minimum absolute atomic E-state index is 0.147. The maximum atomic E-state index is 13.5. The summed E-state index contributed by atoms with van der Waals surface area (Å²) in [4.78, 5) is 4.83. The summed E-state index contributed by atoms with van der Waals surface area (Å²) >= 11 is 0. The number of aromatic nitrogens is 1. The van der Waals surface area contributed by atoms with Crippen LogP contribution in [0.1, 0.15) is 19.4 Å². The first-order valence-electron chi connectivity index (χ1n) is 10.2. The van der Waals surface area contributed by atoms with E-state index in [0.29, 0.717) is 12.3 Å². The van der Waals surface area contributed by atoms with Gasteiger partial charge in [-0.1, -0.05) is 31.2 Å². The van der Waals surface area contributed by atoms with E-state index in [1.165, 1.54) is 6.20 Å². The lowest BCUT2D eigenvalue weighted by Crippen LogP contribution is -2.07. The van der Waals surface area contributed by atoms with E-state index in [9.17, 15) is 8.42 Å². The van der Waals surface area contributed by atoms with Crippen molar-refractivity contribution in [2.45, 2.75) is 30.1 Å². The number of anilines is 2. The van der Waals surface area contributed by atoms with Gasteiger partial charge in [0.2, 0.25) is 9.84 Å². The van der Waals surface area contributed by atoms with Crippen molar-refractivity contribution >= 4 is 32.1 Å². The Labute approximate surface area is 182 Å². The summed E-state index contributed by atoms with van der Waals surface area (Å²) in [7, 11) is -3.77. The van der Waals surface area contributed by atoms with Crippen molar-refractivity contribution in [2.24, 2.45) is 0 Å². The van der Waals surface area contributed by atoms with E-state index in [2.05, 4.69) is 17.2 Å². The largest absolute Gasteiger partial charge is 0.494 e. The van der Waals surface area contributed by atoms with Gasteiger partial charge in [-0.25, -0.2) is 8.42 Å². The lowest BCUT2D eigenvalue weighted by atomic mass is 10.1. The number of rotatable bonds is 7. The van der Waals surface area contributed by atoms with Crippen LogP contribution in [0.4, 0.5) is 11.4 Å². The first-order chi connectivity index (χ1) is 15.0. The Hall–Kier alpha value is -3.38. The molecule has 0 spiro atoms. The summed E-state index contributed by atoms with van der Waals surface area (Å²) in [6, 6.07) is 21.8. The van der Waals surface area contributed by atoms with Crippen LogP contribution in [0.15, 0.2) is 88.8 Å². The van der Waals surface area contributed by atoms with Crippen molar-refractivity contribution < 1.29 is 13.2 Å². The molecule has 0 radical (unpaired) electrons. The fraction of sp³-hybridized carbons (Fsp3) is 0.160. The summed E-state index contributed by atoms with van der Waals surface area (Å²) in [5, 5.41) is 4.11. The maximum Gasteiger partial charge on any atom is 0.210 e. The molecule has 4 rings (SSSR count). The van der Waals surface area contributed by atoms with E-state index in [-0.39, 0.29) is 9.79 Å². The molecule has 0 saturated heterocycles. The van der Waals surface area contributed by atoms with Crippen molar-refractivity contribution in [3.8, 4) is 5.75 Å². The van der Waals surface area contributed by atoms with Crippen LogP contribution in [0.3, 0.4) is 0 Å². The Balaban J connectivity index is 1.90. The molecule has 31 heavy (non-hydrogen) atoms. The number of nitrogens with zero attached hydrogens (tertiary/aromatic N) is 1. The third-order valence-electron chi connectivity index (χ3n) is 5.08. The number of hydrogen-bond acceptors (Lipinski definition) is 5. The van der Waals surface area contributed by atoms with Crippen LogP contribution >= 0.6 is 0 Å². The Bertz CT molecular complexity index is 1300. The highest BCUT2D eigenvalue weighted by Crippen LogP contribution is 2.35. The van der Waals surface area contributed by atoms with Crippen molar-refractivity contribution in [1.82, 2.24) is 4.98 Å². The summed E-state index contributed by atoms with van der Waals surface area (Å²) in [6.45, 7) is 4.58. The van der Waals surface area contributed by atoms with Gasteiger partial charge in [-0.15, -0.1) is 0 Å². The molecule has 5 nitrogen and oxygen atoms in total. The monoisotopic (exact) mass is 432 g/mol. The molecule has 0 aliphatic heterocycles. The van der Waals surface area contributed by atoms with Crippen LogP contribution in [0.5, 0.6) is 5.75 Å². The van der Waals surface area contributed by atoms with E-state index in [0.717, 1.165) is 34.3 Å². The van der Waals surface area contributed by atoms with E-state index in [4.69, 9.17) is 4.74 Å². The third kappa shape index (κ3) is 4.25. The number of sulfone groups is 1. The number of aryl methyl sites for hydroxylation is 1. The Kier molecular flexibility index (Phi) is 5.91. The number of hydrogen-bond donors (Lipinski definition) is 1. The van der Waals surface area contributed by atoms with Gasteiger partial charge in [0.1, 0.15) is 10.6 Å². The topological polar surface area (TPSA) is 68.3 Å². The normalized spacial score (nSPS) is 11.4. The molecule has 0 saturated carbocycles. The quantitative estimate of drug-likeness (QED) is 0.401. The molecular weight excluding hydrogens is 408 g/mol. The lowest BCUT2D eigenvalue weighted by molar-refractivity contribution is 0.340. The van der Waals surface area contributed by atoms with Crippen LogP contribution in [0, 0.1) is 0 Å². The smallest absolute Gasteiger partial charge is 0.210 e. The van der Waals surface area contributed by atoms with Gasteiger partial charge in [-0.3, -0.25) is 4.98 Å². The SMILES string of the molecule is CCOc1ccc(Nc2c(S(=O)(=O)c3ccccc3)cnc3ccc(CC)cc23)cc1. The van der Waals surface area contributed by atoms with Crippen LogP contribution in [0.2, 0.25) is 0 Å². The summed E-state index contributed by atoms with van der Waals surface area (Å²) < 4.78 is 32.5. The van der Waals surface area contributed by atoms with Crippen molar-refractivity contribution in [1.29, 1.82) is 0 Å². The van der Waals surface area contributed by atoms with Gasteiger partial charge in [-0.2, -0.15) is 0 Å².